The Morgan fingerprint density at radius 2 is 2.00 bits per heavy atom. The van der Waals surface area contributed by atoms with Crippen molar-refractivity contribution in [1.29, 1.82) is 0 Å². The Bertz CT molecular complexity index is 1160. The summed E-state index contributed by atoms with van der Waals surface area (Å²) in [6, 6.07) is 8.65. The van der Waals surface area contributed by atoms with Gasteiger partial charge >= 0.3 is 0 Å². The molecular formula is C26H28ClFN2O2S. The molecule has 174 valence electrons. The molecule has 1 atom stereocenters. The van der Waals surface area contributed by atoms with Gasteiger partial charge in [-0.3, -0.25) is 14.5 Å². The molecule has 2 amide bonds. The molecule has 4 nitrogen and oxygen atoms in total. The molecule has 1 fully saturated rings. The fourth-order valence-electron chi connectivity index (χ4n) is 5.02. The van der Waals surface area contributed by atoms with Gasteiger partial charge in [0.15, 0.2) is 0 Å². The number of hydrogen-bond donors (Lipinski definition) is 0. The van der Waals surface area contributed by atoms with E-state index in [0.29, 0.717) is 10.8 Å². The van der Waals surface area contributed by atoms with E-state index in [0.717, 1.165) is 40.8 Å². The molecule has 2 aromatic carbocycles. The van der Waals surface area contributed by atoms with Crippen molar-refractivity contribution >= 4 is 46.3 Å². The van der Waals surface area contributed by atoms with E-state index in [1.165, 1.54) is 23.4 Å². The summed E-state index contributed by atoms with van der Waals surface area (Å²) in [6.07, 6.45) is 2.82. The van der Waals surface area contributed by atoms with Crippen molar-refractivity contribution in [1.82, 2.24) is 4.90 Å². The highest BCUT2D eigenvalue weighted by Gasteiger charge is 2.37. The van der Waals surface area contributed by atoms with Crippen molar-refractivity contribution in [3.63, 3.8) is 0 Å². The fourth-order valence-corrected chi connectivity index (χ4v) is 6.08. The molecule has 0 spiro atoms. The number of hydrogen-bond acceptors (Lipinski definition) is 4. The lowest BCUT2D eigenvalue weighted by Gasteiger charge is -2.47. The normalized spacial score (nSPS) is 21.2. The number of aryl methyl sites for hydroxylation is 1. The van der Waals surface area contributed by atoms with Gasteiger partial charge in [0, 0.05) is 28.4 Å². The van der Waals surface area contributed by atoms with Gasteiger partial charge in [0.05, 0.1) is 11.4 Å². The molecule has 0 radical (unpaired) electrons. The second kappa shape index (κ2) is 8.80. The summed E-state index contributed by atoms with van der Waals surface area (Å²) in [4.78, 5) is 29.5. The Morgan fingerprint density at radius 3 is 2.67 bits per heavy atom. The maximum absolute atomic E-state index is 14.2. The van der Waals surface area contributed by atoms with Crippen molar-refractivity contribution in [2.75, 3.05) is 11.4 Å². The maximum Gasteiger partial charge on any atom is 0.293 e. The predicted octanol–water partition coefficient (Wildman–Crippen LogP) is 7.14. The van der Waals surface area contributed by atoms with Gasteiger partial charge in [0.2, 0.25) is 0 Å². The van der Waals surface area contributed by atoms with Gasteiger partial charge in [-0.15, -0.1) is 0 Å². The number of fused-ring (bicyclic) bond motifs is 1. The van der Waals surface area contributed by atoms with E-state index < -0.39 is 17.0 Å². The first kappa shape index (κ1) is 23.8. The van der Waals surface area contributed by atoms with Crippen LogP contribution in [0.1, 0.15) is 62.3 Å². The van der Waals surface area contributed by atoms with Gasteiger partial charge in [0.25, 0.3) is 11.1 Å². The molecule has 7 heteroatoms. The first-order chi connectivity index (χ1) is 15.5. The summed E-state index contributed by atoms with van der Waals surface area (Å²) in [5.41, 5.74) is 4.67. The lowest BCUT2D eigenvalue weighted by Crippen LogP contribution is -2.48. The third-order valence-electron chi connectivity index (χ3n) is 6.63. The number of benzene rings is 2. The highest BCUT2D eigenvalue weighted by Crippen LogP contribution is 2.45. The molecule has 0 N–H and O–H groups in total. The van der Waals surface area contributed by atoms with Crippen LogP contribution in [0.25, 0.3) is 6.08 Å². The third kappa shape index (κ3) is 4.31. The van der Waals surface area contributed by atoms with E-state index in [9.17, 15) is 14.0 Å². The van der Waals surface area contributed by atoms with Crippen LogP contribution < -0.4 is 4.90 Å². The molecule has 1 unspecified atom stereocenters. The standard InChI is InChI=1S/C26H28ClFN2O2S/c1-6-30-22-10-15(2)17(11-18(22)16(3)13-26(30,4)5)12-23-24(31)29(25(32)33-23)14-19-20(27)8-7-9-21(19)28/h7-12,16H,6,13-14H2,1-5H3/b23-12+. The van der Waals surface area contributed by atoms with E-state index in [2.05, 4.69) is 44.7 Å². The first-order valence-corrected chi connectivity index (χ1v) is 12.3. The van der Waals surface area contributed by atoms with Crippen molar-refractivity contribution in [3.05, 3.63) is 68.3 Å². The van der Waals surface area contributed by atoms with E-state index in [1.807, 2.05) is 6.92 Å². The Kier molecular flexibility index (Phi) is 6.36. The minimum absolute atomic E-state index is 0.0752. The zero-order valence-electron chi connectivity index (χ0n) is 19.5. The molecule has 0 aliphatic carbocycles. The van der Waals surface area contributed by atoms with Gasteiger partial charge < -0.3 is 4.90 Å². The topological polar surface area (TPSA) is 40.6 Å². The zero-order valence-corrected chi connectivity index (χ0v) is 21.1. The monoisotopic (exact) mass is 486 g/mol. The smallest absolute Gasteiger partial charge is 0.293 e. The van der Waals surface area contributed by atoms with E-state index in [-0.39, 0.29) is 22.7 Å². The van der Waals surface area contributed by atoms with Crippen molar-refractivity contribution in [2.24, 2.45) is 0 Å². The van der Waals surface area contributed by atoms with Crippen LogP contribution >= 0.6 is 23.4 Å². The summed E-state index contributed by atoms with van der Waals surface area (Å²) in [6.45, 7) is 11.7. The van der Waals surface area contributed by atoms with Crippen LogP contribution in [0.2, 0.25) is 5.02 Å². The Hall–Kier alpha value is -2.31. The number of imide groups is 1. The van der Waals surface area contributed by atoms with Crippen LogP contribution in [-0.2, 0) is 11.3 Å². The van der Waals surface area contributed by atoms with Crippen LogP contribution in [0.15, 0.2) is 35.2 Å². The summed E-state index contributed by atoms with van der Waals surface area (Å²) < 4.78 is 14.2. The minimum atomic E-state index is -0.534. The number of carbonyl (C=O) groups is 2. The lowest BCUT2D eigenvalue weighted by molar-refractivity contribution is -0.123. The molecule has 33 heavy (non-hydrogen) atoms. The number of rotatable bonds is 4. The summed E-state index contributed by atoms with van der Waals surface area (Å²) in [7, 11) is 0. The lowest BCUT2D eigenvalue weighted by atomic mass is 9.79. The summed E-state index contributed by atoms with van der Waals surface area (Å²) in [5, 5.41) is -0.227. The van der Waals surface area contributed by atoms with Gasteiger partial charge in [-0.2, -0.15) is 0 Å². The van der Waals surface area contributed by atoms with Crippen molar-refractivity contribution in [3.8, 4) is 0 Å². The Labute approximate surface area is 203 Å². The molecule has 2 aliphatic heterocycles. The van der Waals surface area contributed by atoms with Crippen LogP contribution in [-0.4, -0.2) is 28.1 Å². The number of thioether (sulfide) groups is 1. The Balaban J connectivity index is 1.67. The summed E-state index contributed by atoms with van der Waals surface area (Å²) in [5.74, 6) is -0.580. The fraction of sp³-hybridized carbons (Fsp3) is 0.385. The second-order valence-electron chi connectivity index (χ2n) is 9.40. The second-order valence-corrected chi connectivity index (χ2v) is 10.8. The van der Waals surface area contributed by atoms with Gasteiger partial charge in [-0.1, -0.05) is 24.6 Å². The zero-order chi connectivity index (χ0) is 24.1. The number of nitrogens with zero attached hydrogens (tertiary/aromatic N) is 2. The average molecular weight is 487 g/mol. The SMILES string of the molecule is CCN1c2cc(C)c(/C=C3/SC(=O)N(Cc4c(F)cccc4Cl)C3=O)cc2C(C)CC1(C)C. The molecule has 0 bridgehead atoms. The van der Waals surface area contributed by atoms with Crippen molar-refractivity contribution < 1.29 is 14.0 Å². The molecule has 0 saturated carbocycles. The number of anilines is 1. The Morgan fingerprint density at radius 1 is 1.27 bits per heavy atom. The van der Waals surface area contributed by atoms with Crippen LogP contribution in [0, 0.1) is 12.7 Å². The number of amides is 2. The molecular weight excluding hydrogens is 459 g/mol. The van der Waals surface area contributed by atoms with E-state index in [4.69, 9.17) is 11.6 Å². The predicted molar refractivity (Wildman–Crippen MR) is 134 cm³/mol. The molecule has 2 aromatic rings. The molecule has 0 aromatic heterocycles. The molecule has 2 heterocycles. The average Bonchev–Trinajstić information content (AvgIpc) is 2.98. The highest BCUT2D eigenvalue weighted by atomic mass is 35.5. The minimum Gasteiger partial charge on any atom is -0.366 e. The molecule has 1 saturated heterocycles. The highest BCUT2D eigenvalue weighted by molar-refractivity contribution is 8.18. The molecule has 2 aliphatic rings. The van der Waals surface area contributed by atoms with Gasteiger partial charge in [-0.25, -0.2) is 4.39 Å². The number of halogens is 2. The van der Waals surface area contributed by atoms with Crippen LogP contribution in [0.3, 0.4) is 0 Å². The number of carbonyl (C=O) groups excluding carboxylic acids is 2. The maximum atomic E-state index is 14.2. The van der Waals surface area contributed by atoms with E-state index in [1.54, 1.807) is 12.1 Å². The van der Waals surface area contributed by atoms with Gasteiger partial charge in [-0.05, 0) is 98.8 Å². The van der Waals surface area contributed by atoms with E-state index >= 15 is 0 Å². The van der Waals surface area contributed by atoms with Crippen LogP contribution in [0.4, 0.5) is 14.9 Å². The van der Waals surface area contributed by atoms with Gasteiger partial charge in [0.1, 0.15) is 5.82 Å². The summed E-state index contributed by atoms with van der Waals surface area (Å²) >= 11 is 6.98. The quantitative estimate of drug-likeness (QED) is 0.431. The van der Waals surface area contributed by atoms with Crippen LogP contribution in [0.5, 0.6) is 0 Å². The third-order valence-corrected chi connectivity index (χ3v) is 7.89. The first-order valence-electron chi connectivity index (χ1n) is 11.1. The largest absolute Gasteiger partial charge is 0.366 e. The van der Waals surface area contributed by atoms with Crippen molar-refractivity contribution in [2.45, 2.75) is 59.0 Å². The molecule has 4 rings (SSSR count).